The zero-order valence-corrected chi connectivity index (χ0v) is 7.34. The second-order valence-corrected chi connectivity index (χ2v) is 3.10. The minimum absolute atomic E-state index is 0.241. The Morgan fingerprint density at radius 3 is 2.54 bits per heavy atom. The molecular formula is C10H11NO2. The quantitative estimate of drug-likeness (QED) is 0.699. The third-order valence-electron chi connectivity index (χ3n) is 2.11. The standard InChI is InChI=1S/C10H11NO2/c1-7-10(12)9(11-13-7)8-5-3-2-4-6-8/h2-7,10,12H,1H3. The van der Waals surface area contributed by atoms with Crippen molar-refractivity contribution >= 4 is 5.71 Å². The molecule has 1 aliphatic heterocycles. The van der Waals surface area contributed by atoms with E-state index in [1.807, 2.05) is 30.3 Å². The molecule has 0 aliphatic carbocycles. The van der Waals surface area contributed by atoms with Gasteiger partial charge in [0.15, 0.2) is 6.10 Å². The molecule has 2 unspecified atom stereocenters. The molecule has 0 amide bonds. The molecule has 68 valence electrons. The molecule has 2 rings (SSSR count). The van der Waals surface area contributed by atoms with Crippen LogP contribution in [0.2, 0.25) is 0 Å². The molecule has 3 nitrogen and oxygen atoms in total. The summed E-state index contributed by atoms with van der Waals surface area (Å²) in [4.78, 5) is 4.97. The Kier molecular flexibility index (Phi) is 2.02. The van der Waals surface area contributed by atoms with E-state index in [-0.39, 0.29) is 6.10 Å². The van der Waals surface area contributed by atoms with E-state index >= 15 is 0 Å². The van der Waals surface area contributed by atoms with Crippen LogP contribution in [0, 0.1) is 0 Å². The number of nitrogens with zero attached hydrogens (tertiary/aromatic N) is 1. The number of hydrogen-bond acceptors (Lipinski definition) is 3. The van der Waals surface area contributed by atoms with Crippen LogP contribution in [-0.4, -0.2) is 23.0 Å². The average molecular weight is 177 g/mol. The third-order valence-corrected chi connectivity index (χ3v) is 2.11. The van der Waals surface area contributed by atoms with Gasteiger partial charge < -0.3 is 9.94 Å². The fourth-order valence-electron chi connectivity index (χ4n) is 1.31. The molecule has 1 aromatic carbocycles. The molecule has 13 heavy (non-hydrogen) atoms. The molecule has 0 saturated carbocycles. The zero-order valence-electron chi connectivity index (χ0n) is 7.34. The van der Waals surface area contributed by atoms with Crippen LogP contribution in [0.4, 0.5) is 0 Å². The second-order valence-electron chi connectivity index (χ2n) is 3.10. The molecular weight excluding hydrogens is 166 g/mol. The van der Waals surface area contributed by atoms with Crippen LogP contribution >= 0.6 is 0 Å². The summed E-state index contributed by atoms with van der Waals surface area (Å²) >= 11 is 0. The van der Waals surface area contributed by atoms with Crippen LogP contribution in [0.1, 0.15) is 12.5 Å². The van der Waals surface area contributed by atoms with Gasteiger partial charge in [-0.05, 0) is 6.92 Å². The molecule has 2 atom stereocenters. The summed E-state index contributed by atoms with van der Waals surface area (Å²) in [6, 6.07) is 9.56. The van der Waals surface area contributed by atoms with Crippen LogP contribution in [-0.2, 0) is 4.84 Å². The molecule has 1 aliphatic rings. The summed E-state index contributed by atoms with van der Waals surface area (Å²) in [5, 5.41) is 13.5. The Bertz CT molecular complexity index is 321. The molecule has 3 heteroatoms. The summed E-state index contributed by atoms with van der Waals surface area (Å²) in [7, 11) is 0. The van der Waals surface area contributed by atoms with Gasteiger partial charge in [-0.1, -0.05) is 35.5 Å². The number of oxime groups is 1. The largest absolute Gasteiger partial charge is 0.389 e. The lowest BCUT2D eigenvalue weighted by molar-refractivity contribution is 0.0344. The van der Waals surface area contributed by atoms with Gasteiger partial charge in [-0.15, -0.1) is 0 Å². The molecule has 0 spiro atoms. The first-order chi connectivity index (χ1) is 6.29. The lowest BCUT2D eigenvalue weighted by Gasteiger charge is -2.07. The van der Waals surface area contributed by atoms with E-state index < -0.39 is 6.10 Å². The highest BCUT2D eigenvalue weighted by molar-refractivity contribution is 6.04. The SMILES string of the molecule is CC1ON=C(c2ccccc2)C1O. The van der Waals surface area contributed by atoms with Crippen molar-refractivity contribution in [1.29, 1.82) is 0 Å². The van der Waals surface area contributed by atoms with Crippen molar-refractivity contribution in [2.45, 2.75) is 19.1 Å². The van der Waals surface area contributed by atoms with Gasteiger partial charge in [0, 0.05) is 5.56 Å². The van der Waals surface area contributed by atoms with Gasteiger partial charge in [-0.3, -0.25) is 0 Å². The summed E-state index contributed by atoms with van der Waals surface area (Å²) in [6.07, 6.45) is -0.849. The van der Waals surface area contributed by atoms with E-state index in [1.54, 1.807) is 6.92 Å². The van der Waals surface area contributed by atoms with Crippen molar-refractivity contribution in [3.05, 3.63) is 35.9 Å². The van der Waals surface area contributed by atoms with Gasteiger partial charge in [-0.2, -0.15) is 0 Å². The number of rotatable bonds is 1. The van der Waals surface area contributed by atoms with Crippen molar-refractivity contribution in [3.8, 4) is 0 Å². The summed E-state index contributed by atoms with van der Waals surface area (Å²) < 4.78 is 0. The van der Waals surface area contributed by atoms with E-state index in [4.69, 9.17) is 4.84 Å². The van der Waals surface area contributed by atoms with Gasteiger partial charge >= 0.3 is 0 Å². The lowest BCUT2D eigenvalue weighted by atomic mass is 10.0. The van der Waals surface area contributed by atoms with E-state index in [0.717, 1.165) is 5.56 Å². The average Bonchev–Trinajstić information content (AvgIpc) is 2.49. The Morgan fingerprint density at radius 1 is 1.31 bits per heavy atom. The molecule has 1 N–H and O–H groups in total. The summed E-state index contributed by atoms with van der Waals surface area (Å²) in [5.74, 6) is 0. The van der Waals surface area contributed by atoms with Crippen molar-refractivity contribution in [2.75, 3.05) is 0 Å². The topological polar surface area (TPSA) is 41.8 Å². The van der Waals surface area contributed by atoms with Crippen molar-refractivity contribution in [3.63, 3.8) is 0 Å². The van der Waals surface area contributed by atoms with Crippen molar-refractivity contribution < 1.29 is 9.94 Å². The first-order valence-electron chi connectivity index (χ1n) is 4.26. The smallest absolute Gasteiger partial charge is 0.156 e. The van der Waals surface area contributed by atoms with Gasteiger partial charge in [0.1, 0.15) is 11.8 Å². The van der Waals surface area contributed by atoms with Crippen LogP contribution in [0.15, 0.2) is 35.5 Å². The predicted octanol–water partition coefficient (Wildman–Crippen LogP) is 1.17. The van der Waals surface area contributed by atoms with E-state index in [9.17, 15) is 5.11 Å². The monoisotopic (exact) mass is 177 g/mol. The molecule has 0 bridgehead atoms. The fourth-order valence-corrected chi connectivity index (χ4v) is 1.31. The van der Waals surface area contributed by atoms with E-state index in [1.165, 1.54) is 0 Å². The van der Waals surface area contributed by atoms with E-state index in [2.05, 4.69) is 5.16 Å². The normalized spacial score (nSPS) is 26.8. The number of aliphatic hydroxyl groups is 1. The van der Waals surface area contributed by atoms with Crippen molar-refractivity contribution in [2.24, 2.45) is 5.16 Å². The minimum atomic E-state index is -0.609. The van der Waals surface area contributed by atoms with E-state index in [0.29, 0.717) is 5.71 Å². The first kappa shape index (κ1) is 8.26. The highest BCUT2D eigenvalue weighted by atomic mass is 16.7. The van der Waals surface area contributed by atoms with Gasteiger partial charge in [0.25, 0.3) is 0 Å². The molecule has 1 heterocycles. The molecule has 0 fully saturated rings. The fraction of sp³-hybridized carbons (Fsp3) is 0.300. The van der Waals surface area contributed by atoms with Gasteiger partial charge in [0.2, 0.25) is 0 Å². The summed E-state index contributed by atoms with van der Waals surface area (Å²) in [5.41, 5.74) is 1.53. The Labute approximate surface area is 76.6 Å². The third kappa shape index (κ3) is 1.42. The Balaban J connectivity index is 2.29. The second kappa shape index (κ2) is 3.18. The number of benzene rings is 1. The molecule has 0 saturated heterocycles. The first-order valence-corrected chi connectivity index (χ1v) is 4.26. The van der Waals surface area contributed by atoms with Crippen LogP contribution in [0.3, 0.4) is 0 Å². The number of aliphatic hydroxyl groups excluding tert-OH is 1. The lowest BCUT2D eigenvalue weighted by Crippen LogP contribution is -2.26. The number of hydrogen-bond donors (Lipinski definition) is 1. The Hall–Kier alpha value is -1.35. The van der Waals surface area contributed by atoms with Crippen molar-refractivity contribution in [1.82, 2.24) is 0 Å². The van der Waals surface area contributed by atoms with Gasteiger partial charge in [-0.25, -0.2) is 0 Å². The van der Waals surface area contributed by atoms with Crippen LogP contribution in [0.25, 0.3) is 0 Å². The summed E-state index contributed by atoms with van der Waals surface area (Å²) in [6.45, 7) is 1.80. The van der Waals surface area contributed by atoms with Crippen LogP contribution < -0.4 is 0 Å². The molecule has 1 aromatic rings. The maximum absolute atomic E-state index is 9.66. The van der Waals surface area contributed by atoms with Gasteiger partial charge in [0.05, 0.1) is 0 Å². The Morgan fingerprint density at radius 2 is 2.00 bits per heavy atom. The molecule has 0 aromatic heterocycles. The van der Waals surface area contributed by atoms with Crippen LogP contribution in [0.5, 0.6) is 0 Å². The molecule has 0 radical (unpaired) electrons. The minimum Gasteiger partial charge on any atom is -0.389 e. The maximum atomic E-state index is 9.66. The predicted molar refractivity (Wildman–Crippen MR) is 49.5 cm³/mol. The maximum Gasteiger partial charge on any atom is 0.156 e. The highest BCUT2D eigenvalue weighted by Gasteiger charge is 2.29. The highest BCUT2D eigenvalue weighted by Crippen LogP contribution is 2.16. The zero-order chi connectivity index (χ0) is 9.26.